The van der Waals surface area contributed by atoms with Gasteiger partial charge >= 0.3 is 5.97 Å². The van der Waals surface area contributed by atoms with Gasteiger partial charge < -0.3 is 5.11 Å². The first-order valence-corrected chi connectivity index (χ1v) is 4.89. The van der Waals surface area contributed by atoms with Crippen LogP contribution in [0.3, 0.4) is 0 Å². The second-order valence-electron chi connectivity index (χ2n) is 3.95. The van der Waals surface area contributed by atoms with E-state index in [9.17, 15) is 26.7 Å². The molecule has 1 saturated carbocycles. The predicted molar refractivity (Wildman–Crippen MR) is 49.4 cm³/mol. The van der Waals surface area contributed by atoms with Gasteiger partial charge in [0.15, 0.2) is 18.5 Å². The highest BCUT2D eigenvalue weighted by Crippen LogP contribution is 2.37. The van der Waals surface area contributed by atoms with E-state index in [1.54, 1.807) is 0 Å². The van der Waals surface area contributed by atoms with Gasteiger partial charge in [-0.3, -0.25) is 0 Å². The highest BCUT2D eigenvalue weighted by Gasteiger charge is 2.52. The number of hydrogen-bond acceptors (Lipinski definition) is 1. The van der Waals surface area contributed by atoms with Gasteiger partial charge in [-0.2, -0.15) is 0 Å². The molecule has 1 aliphatic rings. The molecule has 1 fully saturated rings. The third-order valence-corrected chi connectivity index (χ3v) is 2.73. The van der Waals surface area contributed by atoms with Gasteiger partial charge in [0.05, 0.1) is 0 Å². The normalized spacial score (nSPS) is 43.5. The van der Waals surface area contributed by atoms with Gasteiger partial charge in [-0.1, -0.05) is 6.08 Å². The molecule has 7 heteroatoms. The van der Waals surface area contributed by atoms with Crippen molar-refractivity contribution < 1.29 is 31.9 Å². The molecule has 1 rings (SSSR count). The molecule has 0 aromatic carbocycles. The summed E-state index contributed by atoms with van der Waals surface area (Å²) in [5, 5.41) is 8.49. The zero-order chi connectivity index (χ0) is 13.3. The zero-order valence-electron chi connectivity index (χ0n) is 8.79. The van der Waals surface area contributed by atoms with E-state index in [0.29, 0.717) is 6.08 Å². The Morgan fingerprint density at radius 1 is 0.941 bits per heavy atom. The fourth-order valence-corrected chi connectivity index (χ4v) is 1.67. The molecule has 0 spiro atoms. The smallest absolute Gasteiger partial charge is 0.330 e. The zero-order valence-corrected chi connectivity index (χ0v) is 8.79. The average molecular weight is 258 g/mol. The van der Waals surface area contributed by atoms with Crippen LogP contribution in [0, 0.1) is 5.92 Å². The largest absolute Gasteiger partial charge is 0.478 e. The van der Waals surface area contributed by atoms with Crippen LogP contribution in [0.1, 0.15) is 6.92 Å². The summed E-state index contributed by atoms with van der Waals surface area (Å²) < 4.78 is 65.3. The van der Waals surface area contributed by atoms with Crippen LogP contribution in [0.2, 0.25) is 0 Å². The lowest BCUT2D eigenvalue weighted by Gasteiger charge is -2.34. The highest BCUT2D eigenvalue weighted by molar-refractivity contribution is 5.85. The minimum atomic E-state index is -2.87. The van der Waals surface area contributed by atoms with Crippen molar-refractivity contribution in [2.75, 3.05) is 0 Å². The van der Waals surface area contributed by atoms with Crippen LogP contribution in [-0.4, -0.2) is 41.9 Å². The van der Waals surface area contributed by atoms with Crippen LogP contribution in [0.25, 0.3) is 0 Å². The van der Waals surface area contributed by atoms with Crippen LogP contribution in [0.4, 0.5) is 22.0 Å². The Balaban J connectivity index is 2.98. The second kappa shape index (κ2) is 5.01. The minimum absolute atomic E-state index is 0.447. The first-order chi connectivity index (χ1) is 7.77. The number of allylic oxidation sites excluding steroid dienone is 1. The van der Waals surface area contributed by atoms with Crippen molar-refractivity contribution in [2.45, 2.75) is 37.8 Å². The van der Waals surface area contributed by atoms with E-state index in [-0.39, 0.29) is 0 Å². The monoisotopic (exact) mass is 258 g/mol. The van der Waals surface area contributed by atoms with Gasteiger partial charge in [-0.05, 0) is 6.92 Å². The summed E-state index contributed by atoms with van der Waals surface area (Å²) in [5.41, 5.74) is -0.447. The van der Waals surface area contributed by atoms with Gasteiger partial charge in [-0.15, -0.1) is 0 Å². The molecule has 98 valence electrons. The third-order valence-electron chi connectivity index (χ3n) is 2.73. The van der Waals surface area contributed by atoms with E-state index in [2.05, 4.69) is 0 Å². The Morgan fingerprint density at radius 3 is 1.65 bits per heavy atom. The number of halogens is 5. The summed E-state index contributed by atoms with van der Waals surface area (Å²) in [5.74, 6) is -3.39. The Labute approximate surface area is 94.1 Å². The van der Waals surface area contributed by atoms with E-state index in [4.69, 9.17) is 5.11 Å². The molecule has 4 atom stereocenters. The Hall–Kier alpha value is -1.14. The lowest BCUT2D eigenvalue weighted by molar-refractivity contribution is -0.132. The number of rotatable bonds is 2. The van der Waals surface area contributed by atoms with Crippen LogP contribution in [0.15, 0.2) is 11.6 Å². The SMILES string of the molecule is CC(=CC1C(F)C(F)C(F)C(F)C1F)C(=O)O. The molecule has 0 heterocycles. The Kier molecular flexibility index (Phi) is 4.11. The number of carboxylic acid groups (broad SMARTS) is 1. The summed E-state index contributed by atoms with van der Waals surface area (Å²) in [6.07, 6.45) is -13.1. The maximum Gasteiger partial charge on any atom is 0.330 e. The maximum absolute atomic E-state index is 13.3. The minimum Gasteiger partial charge on any atom is -0.478 e. The summed E-state index contributed by atoms with van der Waals surface area (Å²) in [6.45, 7) is 1.03. The summed E-state index contributed by atoms with van der Waals surface area (Å²) in [6, 6.07) is 0. The van der Waals surface area contributed by atoms with Crippen LogP contribution < -0.4 is 0 Å². The average Bonchev–Trinajstić information content (AvgIpc) is 2.29. The fourth-order valence-electron chi connectivity index (χ4n) is 1.67. The molecule has 0 aromatic rings. The molecule has 2 nitrogen and oxygen atoms in total. The van der Waals surface area contributed by atoms with Crippen molar-refractivity contribution in [1.82, 2.24) is 0 Å². The molecule has 0 bridgehead atoms. The van der Waals surface area contributed by atoms with Crippen molar-refractivity contribution in [2.24, 2.45) is 5.92 Å². The topological polar surface area (TPSA) is 37.3 Å². The van der Waals surface area contributed by atoms with Crippen LogP contribution in [0.5, 0.6) is 0 Å². The van der Waals surface area contributed by atoms with E-state index in [0.717, 1.165) is 6.92 Å². The van der Waals surface area contributed by atoms with E-state index < -0.39 is 48.3 Å². The highest BCUT2D eigenvalue weighted by atomic mass is 19.2. The summed E-state index contributed by atoms with van der Waals surface area (Å²) in [4.78, 5) is 10.4. The molecule has 0 amide bonds. The molecule has 0 aliphatic heterocycles. The second-order valence-corrected chi connectivity index (χ2v) is 3.95. The van der Waals surface area contributed by atoms with Gasteiger partial charge in [-0.25, -0.2) is 26.7 Å². The molecule has 0 saturated heterocycles. The van der Waals surface area contributed by atoms with E-state index in [1.807, 2.05) is 0 Å². The lowest BCUT2D eigenvalue weighted by atomic mass is 9.81. The van der Waals surface area contributed by atoms with Crippen molar-refractivity contribution in [3.8, 4) is 0 Å². The fraction of sp³-hybridized carbons (Fsp3) is 0.700. The summed E-state index contributed by atoms with van der Waals surface area (Å²) in [7, 11) is 0. The number of carboxylic acids is 1. The lowest BCUT2D eigenvalue weighted by Crippen LogP contribution is -2.52. The van der Waals surface area contributed by atoms with Crippen molar-refractivity contribution in [3.63, 3.8) is 0 Å². The predicted octanol–water partition coefficient (Wildman–Crippen LogP) is 2.34. The van der Waals surface area contributed by atoms with Crippen molar-refractivity contribution >= 4 is 5.97 Å². The molecule has 17 heavy (non-hydrogen) atoms. The maximum atomic E-state index is 13.3. The number of hydrogen-bond donors (Lipinski definition) is 1. The first kappa shape index (κ1) is 13.9. The Bertz CT molecular complexity index is 317. The summed E-state index contributed by atoms with van der Waals surface area (Å²) >= 11 is 0. The number of alkyl halides is 5. The molecule has 1 aliphatic carbocycles. The van der Waals surface area contributed by atoms with Crippen molar-refractivity contribution in [1.29, 1.82) is 0 Å². The van der Waals surface area contributed by atoms with E-state index >= 15 is 0 Å². The number of carbonyl (C=O) groups is 1. The quantitative estimate of drug-likeness (QED) is 0.609. The van der Waals surface area contributed by atoms with Crippen molar-refractivity contribution in [3.05, 3.63) is 11.6 Å². The van der Waals surface area contributed by atoms with Gasteiger partial charge in [0.2, 0.25) is 0 Å². The standard InChI is InChI=1S/C10H11F5O2/c1-3(10(16)17)2-4-5(11)7(13)9(15)8(14)6(4)12/h2,4-9H,1H3,(H,16,17). The van der Waals surface area contributed by atoms with Gasteiger partial charge in [0.25, 0.3) is 0 Å². The molecule has 0 radical (unpaired) electrons. The third kappa shape index (κ3) is 2.58. The Morgan fingerprint density at radius 2 is 1.29 bits per heavy atom. The molecule has 4 unspecified atom stereocenters. The van der Waals surface area contributed by atoms with Gasteiger partial charge in [0, 0.05) is 11.5 Å². The molecule has 0 aromatic heterocycles. The van der Waals surface area contributed by atoms with Crippen LogP contribution >= 0.6 is 0 Å². The molecular weight excluding hydrogens is 247 g/mol. The number of aliphatic carboxylic acids is 1. The first-order valence-electron chi connectivity index (χ1n) is 4.89. The molecular formula is C10H11F5O2. The molecule has 1 N–H and O–H groups in total. The van der Waals surface area contributed by atoms with Crippen LogP contribution in [-0.2, 0) is 4.79 Å². The van der Waals surface area contributed by atoms with Gasteiger partial charge in [0.1, 0.15) is 12.3 Å². The van der Waals surface area contributed by atoms with E-state index in [1.165, 1.54) is 0 Å².